The summed E-state index contributed by atoms with van der Waals surface area (Å²) in [6.07, 6.45) is 10.5. The van der Waals surface area contributed by atoms with Gasteiger partial charge in [0.25, 0.3) is 0 Å². The lowest BCUT2D eigenvalue weighted by Gasteiger charge is -2.37. The van der Waals surface area contributed by atoms with Crippen molar-refractivity contribution in [2.24, 2.45) is 10.8 Å². The van der Waals surface area contributed by atoms with Crippen molar-refractivity contribution in [1.29, 1.82) is 0 Å². The Labute approximate surface area is 635 Å². The zero-order valence-corrected chi connectivity index (χ0v) is 65.2. The minimum absolute atomic E-state index is 0.0833. The summed E-state index contributed by atoms with van der Waals surface area (Å²) in [7, 11) is 0. The molecule has 5 unspecified atom stereocenters. The van der Waals surface area contributed by atoms with E-state index in [4.69, 9.17) is 67.1 Å². The SMILES string of the molecule is BrCCC1CO1.CCc1cccc(N2CCN(CCC(O)CN)CC2)c1Cl.CCc1cccc(N2CCN(CCC(O)CN=[N+]=[N-])CC2)c1Cl.CCc1cccc(N2CCN(CCC(O)CNC(=O)C3=Cc4ccccc4C3)CC2)c1Cl.CCc1cccc(N2CCN(CCC3CO3)CC2)c1Cl. The second kappa shape index (κ2) is 44.2. The first-order valence-electron chi connectivity index (χ1n) is 37.2. The van der Waals surface area contributed by atoms with Crippen molar-refractivity contribution in [2.45, 2.75) is 122 Å². The molecule has 0 radical (unpaired) electrons. The molecule has 12 rings (SSSR count). The molecule has 6 fully saturated rings. The molecule has 1 amide bonds. The molecule has 6 saturated heterocycles. The van der Waals surface area contributed by atoms with E-state index in [1.807, 2.05) is 24.3 Å². The van der Waals surface area contributed by atoms with Gasteiger partial charge in [-0.25, -0.2) is 0 Å². The number of hydrogen-bond acceptors (Lipinski definition) is 16. The van der Waals surface area contributed by atoms with Crippen molar-refractivity contribution in [1.82, 2.24) is 24.9 Å². The van der Waals surface area contributed by atoms with Gasteiger partial charge in [-0.1, -0.05) is 168 Å². The molecule has 0 bridgehead atoms. The van der Waals surface area contributed by atoms with Crippen LogP contribution in [0, 0.1) is 0 Å². The number of alkyl halides is 1. The maximum Gasteiger partial charge on any atom is 0.247 e. The smallest absolute Gasteiger partial charge is 0.247 e. The van der Waals surface area contributed by atoms with Gasteiger partial charge in [-0.3, -0.25) is 24.4 Å². The molecule has 19 nitrogen and oxygen atoms in total. The molecule has 24 heteroatoms. The molecule has 7 aliphatic rings. The fraction of sp³-hybridized carbons (Fsp3) is 0.577. The molecule has 6 heterocycles. The molecule has 0 aromatic heterocycles. The minimum Gasteiger partial charge on any atom is -0.393 e. The minimum atomic E-state index is -0.556. The number of carbonyl (C=O) groups is 1. The standard InChI is InChI=1S/C26H32ClN3O2.C16H24ClN5O.C16H26ClN3O.C16H23ClN2O.C4H7BrO/c1-2-19-8-5-9-24(25(19)27)30-14-12-29(13-15-30)11-10-23(31)18-28-26(32)22-16-20-6-3-4-7-21(20)17-22;1-2-13-4-3-5-15(16(13)17)22-10-8-21(9-11-22)7-6-14(23)12-19-20-18;1-2-13-4-3-5-15(16(13)17)20-10-8-19(9-11-20)7-6-14(21)12-18;1-2-13-4-3-5-15(16(13)17)19-10-8-18(9-11-19)7-6-14-12-20-14;5-2-1-4-3-6-4/h3-9,16,23,31H,2,10-15,17-18H2,1H3,(H,28,32);3-5,14,23H,2,6-12H2,1H3;3-5,14,21H,2,6-12,18H2,1H3;3-5,14H,2,6-12H2,1H3;4H,1-3H2. The molecule has 6 N–H and O–H groups in total. The Bertz CT molecular complexity index is 3410. The summed E-state index contributed by atoms with van der Waals surface area (Å²) in [6, 6.07) is 33.2. The molecule has 5 atom stereocenters. The van der Waals surface area contributed by atoms with Gasteiger partial charge in [-0.05, 0) is 127 Å². The van der Waals surface area contributed by atoms with Gasteiger partial charge in [0.15, 0.2) is 0 Å². The number of halogens is 5. The zero-order chi connectivity index (χ0) is 72.8. The summed E-state index contributed by atoms with van der Waals surface area (Å²) in [6.45, 7) is 30.8. The summed E-state index contributed by atoms with van der Waals surface area (Å²) in [5, 5.41) is 40.6. The first-order chi connectivity index (χ1) is 49.6. The molecule has 0 saturated carbocycles. The first kappa shape index (κ1) is 82.7. The number of hydrogen-bond donors (Lipinski definition) is 5. The van der Waals surface area contributed by atoms with Crippen molar-refractivity contribution in [3.63, 3.8) is 0 Å². The van der Waals surface area contributed by atoms with Crippen molar-refractivity contribution in [3.05, 3.63) is 167 Å². The number of epoxide rings is 2. The monoisotopic (exact) mass is 1550 g/mol. The van der Waals surface area contributed by atoms with Gasteiger partial charge in [-0.2, -0.15) is 0 Å². The molecule has 0 spiro atoms. The number of nitrogens with two attached hydrogens (primary N) is 1. The van der Waals surface area contributed by atoms with E-state index in [1.165, 1.54) is 52.9 Å². The Morgan fingerprint density at radius 1 is 0.539 bits per heavy atom. The van der Waals surface area contributed by atoms with Crippen LogP contribution in [0.15, 0.2) is 108 Å². The Kier molecular flexibility index (Phi) is 35.9. The molecule has 560 valence electrons. The highest BCUT2D eigenvalue weighted by atomic mass is 79.9. The van der Waals surface area contributed by atoms with E-state index in [-0.39, 0.29) is 25.1 Å². The summed E-state index contributed by atoms with van der Waals surface area (Å²) < 4.78 is 10.2. The van der Waals surface area contributed by atoms with Crippen LogP contribution < -0.4 is 30.7 Å². The van der Waals surface area contributed by atoms with E-state index in [2.05, 4.69) is 177 Å². The molecule has 5 aromatic carbocycles. The fourth-order valence-corrected chi connectivity index (χ4v) is 15.3. The van der Waals surface area contributed by atoms with Crippen LogP contribution in [0.1, 0.15) is 93.2 Å². The molecule has 1 aliphatic carbocycles. The van der Waals surface area contributed by atoms with Crippen molar-refractivity contribution in [3.8, 4) is 0 Å². The number of amides is 1. The number of nitrogens with zero attached hydrogens (tertiary/aromatic N) is 11. The normalized spacial score (nSPS) is 19.2. The van der Waals surface area contributed by atoms with Gasteiger partial charge >= 0.3 is 0 Å². The second-order valence-corrected chi connectivity index (χ2v) is 29.4. The molecular weight excluding hydrogens is 1440 g/mol. The number of fused-ring (bicyclic) bond motifs is 1. The van der Waals surface area contributed by atoms with E-state index in [9.17, 15) is 20.1 Å². The predicted octanol–water partition coefficient (Wildman–Crippen LogP) is 12.3. The van der Waals surface area contributed by atoms with Gasteiger partial charge in [0, 0.05) is 166 Å². The Morgan fingerprint density at radius 3 is 1.25 bits per heavy atom. The van der Waals surface area contributed by atoms with Gasteiger partial charge in [0.05, 0.1) is 93.1 Å². The van der Waals surface area contributed by atoms with Crippen LogP contribution in [-0.4, -0.2) is 240 Å². The number of piperazine rings is 4. The van der Waals surface area contributed by atoms with Crippen LogP contribution in [-0.2, 0) is 46.4 Å². The largest absolute Gasteiger partial charge is 0.393 e. The van der Waals surface area contributed by atoms with Gasteiger partial charge in [-0.15, -0.1) is 0 Å². The van der Waals surface area contributed by atoms with E-state index in [0.717, 1.165) is 223 Å². The third-order valence-electron chi connectivity index (χ3n) is 20.1. The Hall–Kier alpha value is -4.94. The quantitative estimate of drug-likeness (QED) is 0.0104. The Balaban J connectivity index is 0.000000170. The van der Waals surface area contributed by atoms with E-state index >= 15 is 0 Å². The summed E-state index contributed by atoms with van der Waals surface area (Å²) in [4.78, 5) is 34.2. The van der Waals surface area contributed by atoms with Crippen LogP contribution >= 0.6 is 62.3 Å². The molecule has 5 aromatic rings. The topological polar surface area (TPSA) is 216 Å². The number of benzene rings is 5. The number of rotatable bonds is 28. The lowest BCUT2D eigenvalue weighted by Crippen LogP contribution is -2.47. The number of aliphatic hydroxyl groups is 3. The number of anilines is 4. The van der Waals surface area contributed by atoms with Crippen molar-refractivity contribution >= 4 is 97.1 Å². The van der Waals surface area contributed by atoms with Crippen molar-refractivity contribution < 1.29 is 29.6 Å². The lowest BCUT2D eigenvalue weighted by molar-refractivity contribution is -0.118. The van der Waals surface area contributed by atoms with Gasteiger partial charge < -0.3 is 55.4 Å². The van der Waals surface area contributed by atoms with Gasteiger partial charge in [0.1, 0.15) is 0 Å². The highest BCUT2D eigenvalue weighted by Crippen LogP contribution is 2.35. The molecule has 6 aliphatic heterocycles. The van der Waals surface area contributed by atoms with Crippen LogP contribution in [0.2, 0.25) is 20.1 Å². The van der Waals surface area contributed by atoms with E-state index < -0.39 is 12.2 Å². The third kappa shape index (κ3) is 26.5. The molecular formula is C78H112BrCl4N13O6. The maximum absolute atomic E-state index is 12.5. The van der Waals surface area contributed by atoms with E-state index in [1.54, 1.807) is 0 Å². The third-order valence-corrected chi connectivity index (χ3v) is 22.3. The Morgan fingerprint density at radius 2 is 0.902 bits per heavy atom. The number of nitrogens with one attached hydrogen (secondary N) is 1. The number of aliphatic hydroxyl groups excluding tert-OH is 3. The summed E-state index contributed by atoms with van der Waals surface area (Å²) in [5.74, 6) is -0.0833. The van der Waals surface area contributed by atoms with Gasteiger partial charge in [0.2, 0.25) is 5.91 Å². The number of aryl methyl sites for hydroxylation is 4. The number of carbonyl (C=O) groups excluding carboxylic acids is 1. The highest BCUT2D eigenvalue weighted by molar-refractivity contribution is 9.09. The number of ether oxygens (including phenoxy) is 2. The lowest BCUT2D eigenvalue weighted by atomic mass is 10.1. The fourth-order valence-electron chi connectivity index (χ4n) is 13.3. The highest BCUT2D eigenvalue weighted by Gasteiger charge is 2.28. The molecule has 102 heavy (non-hydrogen) atoms. The average molecular weight is 1550 g/mol. The predicted molar refractivity (Wildman–Crippen MR) is 427 cm³/mol. The van der Waals surface area contributed by atoms with E-state index in [0.29, 0.717) is 38.0 Å². The zero-order valence-electron chi connectivity index (χ0n) is 60.6. The van der Waals surface area contributed by atoms with Crippen LogP contribution in [0.25, 0.3) is 16.5 Å². The number of azide groups is 1. The van der Waals surface area contributed by atoms with Crippen LogP contribution in [0.3, 0.4) is 0 Å². The maximum atomic E-state index is 12.5. The van der Waals surface area contributed by atoms with Crippen molar-refractivity contribution in [2.75, 3.05) is 189 Å². The van der Waals surface area contributed by atoms with Crippen LogP contribution in [0.4, 0.5) is 22.7 Å². The summed E-state index contributed by atoms with van der Waals surface area (Å²) >= 11 is 29.4. The summed E-state index contributed by atoms with van der Waals surface area (Å²) in [5.41, 5.74) is 26.2. The van der Waals surface area contributed by atoms with Crippen LogP contribution in [0.5, 0.6) is 0 Å². The second-order valence-electron chi connectivity index (χ2n) is 27.1. The first-order valence-corrected chi connectivity index (χ1v) is 39.8. The average Bonchev–Trinajstić information content (AvgIpc) is 0.979.